The van der Waals surface area contributed by atoms with E-state index in [1.54, 1.807) is 18.2 Å². The summed E-state index contributed by atoms with van der Waals surface area (Å²) in [5, 5.41) is 5.16. The van der Waals surface area contributed by atoms with Gasteiger partial charge in [-0.3, -0.25) is 9.59 Å². The van der Waals surface area contributed by atoms with Crippen molar-refractivity contribution in [2.24, 2.45) is 0 Å². The van der Waals surface area contributed by atoms with Crippen LogP contribution >= 0.6 is 0 Å². The molecule has 0 fully saturated rings. The molecular formula is C12H12N2O4. The van der Waals surface area contributed by atoms with E-state index in [1.165, 1.54) is 0 Å². The smallest absolute Gasteiger partial charge is 0.396 e. The number of carbonyl (C=O) groups excluding carboxylic acids is 3. The van der Waals surface area contributed by atoms with Gasteiger partial charge in [-0.1, -0.05) is 0 Å². The lowest BCUT2D eigenvalue weighted by molar-refractivity contribution is -0.150. The van der Waals surface area contributed by atoms with Crippen molar-refractivity contribution < 1.29 is 19.1 Å². The summed E-state index contributed by atoms with van der Waals surface area (Å²) in [6.07, 6.45) is 1.03. The Morgan fingerprint density at radius 3 is 2.83 bits per heavy atom. The van der Waals surface area contributed by atoms with Crippen LogP contribution in [0.15, 0.2) is 18.2 Å². The van der Waals surface area contributed by atoms with Gasteiger partial charge >= 0.3 is 11.9 Å². The zero-order chi connectivity index (χ0) is 13.1. The molecule has 1 heterocycles. The predicted octanol–water partition coefficient (Wildman–Crippen LogP) is 0.683. The van der Waals surface area contributed by atoms with Crippen molar-refractivity contribution in [3.63, 3.8) is 0 Å². The average Bonchev–Trinajstić information content (AvgIpc) is 2.38. The quantitative estimate of drug-likeness (QED) is 0.565. The molecule has 0 atom stereocenters. The Morgan fingerprint density at radius 1 is 1.33 bits per heavy atom. The van der Waals surface area contributed by atoms with Crippen LogP contribution in [0.1, 0.15) is 12.0 Å². The maximum Gasteiger partial charge on any atom is 0.396 e. The highest BCUT2D eigenvalue weighted by Crippen LogP contribution is 2.25. The third-order valence-electron chi connectivity index (χ3n) is 2.63. The molecule has 6 nitrogen and oxygen atoms in total. The molecule has 2 N–H and O–H groups in total. The van der Waals surface area contributed by atoms with Crippen LogP contribution in [0.25, 0.3) is 0 Å². The Bertz CT molecular complexity index is 525. The fourth-order valence-corrected chi connectivity index (χ4v) is 1.74. The van der Waals surface area contributed by atoms with Crippen molar-refractivity contribution in [2.75, 3.05) is 17.7 Å². The minimum atomic E-state index is -0.943. The normalized spacial score (nSPS) is 13.3. The molecule has 2 rings (SSSR count). The highest BCUT2D eigenvalue weighted by Gasteiger charge is 2.17. The highest BCUT2D eigenvalue weighted by atomic mass is 16.5. The number of carbonyl (C=O) groups is 3. The van der Waals surface area contributed by atoms with E-state index in [4.69, 9.17) is 0 Å². The molecule has 1 aliphatic rings. The molecule has 0 saturated heterocycles. The van der Waals surface area contributed by atoms with E-state index in [0.717, 1.165) is 18.4 Å². The lowest BCUT2D eigenvalue weighted by atomic mass is 10.0. The molecule has 1 aromatic rings. The number of esters is 1. The SMILES string of the molecule is COC(=O)C(=O)Nc1ccc2c(c1)CCC(=O)N2. The number of rotatable bonds is 1. The van der Waals surface area contributed by atoms with Gasteiger partial charge in [0.2, 0.25) is 5.91 Å². The molecular weight excluding hydrogens is 236 g/mol. The van der Waals surface area contributed by atoms with Crippen LogP contribution in [0.3, 0.4) is 0 Å². The second kappa shape index (κ2) is 4.87. The van der Waals surface area contributed by atoms with E-state index >= 15 is 0 Å². The van der Waals surface area contributed by atoms with Crippen LogP contribution < -0.4 is 10.6 Å². The minimum absolute atomic E-state index is 0.0196. The first-order valence-corrected chi connectivity index (χ1v) is 5.42. The first kappa shape index (κ1) is 12.1. The first-order valence-electron chi connectivity index (χ1n) is 5.42. The van der Waals surface area contributed by atoms with Gasteiger partial charge in [0.05, 0.1) is 7.11 Å². The summed E-state index contributed by atoms with van der Waals surface area (Å²) in [6, 6.07) is 5.04. The number of methoxy groups -OCH3 is 1. The van der Waals surface area contributed by atoms with Gasteiger partial charge in [0, 0.05) is 17.8 Å². The summed E-state index contributed by atoms with van der Waals surface area (Å²) in [4.78, 5) is 33.4. The largest absolute Gasteiger partial charge is 0.462 e. The highest BCUT2D eigenvalue weighted by molar-refractivity contribution is 6.37. The summed E-state index contributed by atoms with van der Waals surface area (Å²) in [7, 11) is 1.14. The molecule has 0 bridgehead atoms. The number of hydrogen-bond acceptors (Lipinski definition) is 4. The van der Waals surface area contributed by atoms with Gasteiger partial charge in [0.25, 0.3) is 0 Å². The third kappa shape index (κ3) is 2.48. The predicted molar refractivity (Wildman–Crippen MR) is 64.0 cm³/mol. The molecule has 0 saturated carbocycles. The summed E-state index contributed by atoms with van der Waals surface area (Å²) >= 11 is 0. The van der Waals surface area contributed by atoms with Crippen LogP contribution in [0.5, 0.6) is 0 Å². The monoisotopic (exact) mass is 248 g/mol. The van der Waals surface area contributed by atoms with Crippen LogP contribution in [-0.4, -0.2) is 24.9 Å². The number of amides is 2. The number of aryl methyl sites for hydroxylation is 1. The second-order valence-corrected chi connectivity index (χ2v) is 3.87. The van der Waals surface area contributed by atoms with Gasteiger partial charge < -0.3 is 15.4 Å². The summed E-state index contributed by atoms with van der Waals surface area (Å²) < 4.78 is 4.30. The summed E-state index contributed by atoms with van der Waals surface area (Å²) in [5.74, 6) is -1.79. The molecule has 1 aliphatic heterocycles. The molecule has 0 aliphatic carbocycles. The van der Waals surface area contributed by atoms with Gasteiger partial charge in [0.15, 0.2) is 0 Å². The van der Waals surface area contributed by atoms with E-state index in [2.05, 4.69) is 15.4 Å². The van der Waals surface area contributed by atoms with E-state index in [9.17, 15) is 14.4 Å². The van der Waals surface area contributed by atoms with Gasteiger partial charge in [-0.05, 0) is 30.2 Å². The standard InChI is InChI=1S/C12H12N2O4/c1-18-12(17)11(16)13-8-3-4-9-7(6-8)2-5-10(15)14-9/h3-4,6H,2,5H2,1H3,(H,13,16)(H,14,15). The molecule has 0 unspecified atom stereocenters. The molecule has 18 heavy (non-hydrogen) atoms. The molecule has 0 aromatic heterocycles. The maximum atomic E-state index is 11.3. The number of anilines is 2. The van der Waals surface area contributed by atoms with E-state index in [0.29, 0.717) is 18.5 Å². The number of benzene rings is 1. The number of fused-ring (bicyclic) bond motifs is 1. The maximum absolute atomic E-state index is 11.3. The zero-order valence-corrected chi connectivity index (χ0v) is 9.78. The lowest BCUT2D eigenvalue weighted by Gasteiger charge is -2.17. The molecule has 94 valence electrons. The molecule has 0 radical (unpaired) electrons. The number of hydrogen-bond donors (Lipinski definition) is 2. The Hall–Kier alpha value is -2.37. The van der Waals surface area contributed by atoms with Crippen LogP contribution in [-0.2, 0) is 25.5 Å². The Balaban J connectivity index is 2.14. The van der Waals surface area contributed by atoms with Crippen LogP contribution in [0.4, 0.5) is 11.4 Å². The van der Waals surface area contributed by atoms with Crippen molar-refractivity contribution in [3.8, 4) is 0 Å². The van der Waals surface area contributed by atoms with Crippen LogP contribution in [0.2, 0.25) is 0 Å². The first-order chi connectivity index (χ1) is 8.60. The van der Waals surface area contributed by atoms with Crippen molar-refractivity contribution in [1.82, 2.24) is 0 Å². The Morgan fingerprint density at radius 2 is 2.11 bits per heavy atom. The topological polar surface area (TPSA) is 84.5 Å². The number of ether oxygens (including phenoxy) is 1. The average molecular weight is 248 g/mol. The molecule has 1 aromatic carbocycles. The molecule has 0 spiro atoms. The van der Waals surface area contributed by atoms with Gasteiger partial charge in [-0.15, -0.1) is 0 Å². The van der Waals surface area contributed by atoms with Crippen molar-refractivity contribution in [3.05, 3.63) is 23.8 Å². The molecule has 2 amide bonds. The third-order valence-corrected chi connectivity index (χ3v) is 2.63. The Kier molecular flexibility index (Phi) is 3.27. The van der Waals surface area contributed by atoms with Crippen molar-refractivity contribution >= 4 is 29.2 Å². The van der Waals surface area contributed by atoms with Gasteiger partial charge in [0.1, 0.15) is 0 Å². The number of nitrogens with one attached hydrogen (secondary N) is 2. The fourth-order valence-electron chi connectivity index (χ4n) is 1.74. The lowest BCUT2D eigenvalue weighted by Crippen LogP contribution is -2.24. The Labute approximate surface area is 103 Å². The van der Waals surface area contributed by atoms with Crippen molar-refractivity contribution in [2.45, 2.75) is 12.8 Å². The van der Waals surface area contributed by atoms with Crippen LogP contribution in [0, 0.1) is 0 Å². The van der Waals surface area contributed by atoms with E-state index in [1.807, 2.05) is 0 Å². The summed E-state index contributed by atoms with van der Waals surface area (Å²) in [5.41, 5.74) is 2.17. The van der Waals surface area contributed by atoms with E-state index in [-0.39, 0.29) is 5.91 Å². The zero-order valence-electron chi connectivity index (χ0n) is 9.78. The minimum Gasteiger partial charge on any atom is -0.462 e. The molecule has 6 heteroatoms. The van der Waals surface area contributed by atoms with E-state index < -0.39 is 11.9 Å². The van der Waals surface area contributed by atoms with Crippen molar-refractivity contribution in [1.29, 1.82) is 0 Å². The van der Waals surface area contributed by atoms with Gasteiger partial charge in [-0.2, -0.15) is 0 Å². The second-order valence-electron chi connectivity index (χ2n) is 3.87. The van der Waals surface area contributed by atoms with Gasteiger partial charge in [-0.25, -0.2) is 4.79 Å². The fraction of sp³-hybridized carbons (Fsp3) is 0.250. The summed E-state index contributed by atoms with van der Waals surface area (Å²) in [6.45, 7) is 0.